The van der Waals surface area contributed by atoms with Crippen LogP contribution in [0.15, 0.2) is 52.4 Å². The molecule has 0 spiro atoms. The van der Waals surface area contributed by atoms with Crippen molar-refractivity contribution in [2.45, 2.75) is 37.6 Å². The highest BCUT2D eigenvalue weighted by atomic mass is 32.2. The number of aromatic nitrogens is 2. The van der Waals surface area contributed by atoms with E-state index in [0.717, 1.165) is 11.6 Å². The van der Waals surface area contributed by atoms with Crippen molar-refractivity contribution in [3.05, 3.63) is 70.0 Å². The van der Waals surface area contributed by atoms with Crippen LogP contribution in [0.1, 0.15) is 30.0 Å². The highest BCUT2D eigenvalue weighted by molar-refractivity contribution is 7.89. The van der Waals surface area contributed by atoms with Gasteiger partial charge in [-0.2, -0.15) is 4.31 Å². The van der Waals surface area contributed by atoms with Crippen LogP contribution in [-0.2, 0) is 10.0 Å². The van der Waals surface area contributed by atoms with Gasteiger partial charge >= 0.3 is 0 Å². The van der Waals surface area contributed by atoms with E-state index in [2.05, 4.69) is 4.98 Å². The Bertz CT molecular complexity index is 1250. The van der Waals surface area contributed by atoms with Gasteiger partial charge in [0, 0.05) is 19.1 Å². The number of fused-ring (bicyclic) bond motifs is 1. The van der Waals surface area contributed by atoms with Crippen molar-refractivity contribution in [2.75, 3.05) is 13.1 Å². The van der Waals surface area contributed by atoms with Crippen LogP contribution in [0.25, 0.3) is 10.9 Å². The van der Waals surface area contributed by atoms with Crippen LogP contribution in [0, 0.1) is 19.7 Å². The Labute approximate surface area is 168 Å². The van der Waals surface area contributed by atoms with Crippen LogP contribution >= 0.6 is 0 Å². The summed E-state index contributed by atoms with van der Waals surface area (Å²) in [5.41, 5.74) is 1.93. The van der Waals surface area contributed by atoms with E-state index in [9.17, 15) is 17.6 Å². The largest absolute Gasteiger partial charge is 0.296 e. The molecule has 3 aromatic rings. The summed E-state index contributed by atoms with van der Waals surface area (Å²) in [5, 5.41) is 0.567. The average Bonchev–Trinajstić information content (AvgIpc) is 2.71. The molecule has 29 heavy (non-hydrogen) atoms. The minimum atomic E-state index is -3.77. The second-order valence-electron chi connectivity index (χ2n) is 7.52. The zero-order chi connectivity index (χ0) is 20.8. The van der Waals surface area contributed by atoms with Gasteiger partial charge in [-0.1, -0.05) is 17.7 Å². The first-order valence-corrected chi connectivity index (χ1v) is 11.0. The van der Waals surface area contributed by atoms with Crippen LogP contribution in [0.5, 0.6) is 0 Å². The highest BCUT2D eigenvalue weighted by Crippen LogP contribution is 2.27. The standard InChI is InChI=1S/C21H22FN3O3S/c1-14-3-6-20-18(11-14)21(26)25(13-23-20)16-7-9-24(10-8-16)29(27,28)17-5-4-15(2)19(22)12-17/h3-6,11-13,16H,7-10H2,1-2H3. The van der Waals surface area contributed by atoms with E-state index < -0.39 is 15.8 Å². The van der Waals surface area contributed by atoms with Gasteiger partial charge in [-0.3, -0.25) is 9.36 Å². The minimum Gasteiger partial charge on any atom is -0.296 e. The number of nitrogens with zero attached hydrogens (tertiary/aromatic N) is 3. The molecule has 0 aliphatic carbocycles. The molecule has 1 saturated heterocycles. The second kappa shape index (κ2) is 7.35. The van der Waals surface area contributed by atoms with Crippen LogP contribution in [-0.4, -0.2) is 35.4 Å². The van der Waals surface area contributed by atoms with E-state index in [1.54, 1.807) is 17.8 Å². The van der Waals surface area contributed by atoms with Gasteiger partial charge in [-0.25, -0.2) is 17.8 Å². The third-order valence-electron chi connectivity index (χ3n) is 5.54. The number of halogens is 1. The monoisotopic (exact) mass is 415 g/mol. The first-order chi connectivity index (χ1) is 13.8. The molecule has 1 aliphatic heterocycles. The number of rotatable bonds is 3. The summed E-state index contributed by atoms with van der Waals surface area (Å²) < 4.78 is 42.5. The lowest BCUT2D eigenvalue weighted by Crippen LogP contribution is -2.40. The van der Waals surface area contributed by atoms with E-state index in [1.165, 1.54) is 16.4 Å². The average molecular weight is 415 g/mol. The Balaban J connectivity index is 1.56. The minimum absolute atomic E-state index is 0.0425. The Kier molecular flexibility index (Phi) is 5.00. The fraction of sp³-hybridized carbons (Fsp3) is 0.333. The first-order valence-electron chi connectivity index (χ1n) is 9.51. The molecule has 0 unspecified atom stereocenters. The molecule has 1 aliphatic rings. The van der Waals surface area contributed by atoms with Crippen LogP contribution < -0.4 is 5.56 Å². The molecule has 2 aromatic carbocycles. The lowest BCUT2D eigenvalue weighted by molar-refractivity contribution is 0.269. The van der Waals surface area contributed by atoms with Crippen LogP contribution in [0.3, 0.4) is 0 Å². The van der Waals surface area contributed by atoms with Gasteiger partial charge in [0.2, 0.25) is 10.0 Å². The highest BCUT2D eigenvalue weighted by Gasteiger charge is 2.31. The summed E-state index contributed by atoms with van der Waals surface area (Å²) in [6, 6.07) is 9.41. The maximum atomic E-state index is 13.8. The summed E-state index contributed by atoms with van der Waals surface area (Å²) in [5.74, 6) is -0.537. The Morgan fingerprint density at radius 2 is 1.79 bits per heavy atom. The number of piperidine rings is 1. The summed E-state index contributed by atoms with van der Waals surface area (Å²) in [7, 11) is -3.77. The molecule has 0 N–H and O–H groups in total. The van der Waals surface area contributed by atoms with Crippen LogP contribution in [0.2, 0.25) is 0 Å². The van der Waals surface area contributed by atoms with Crippen molar-refractivity contribution >= 4 is 20.9 Å². The topological polar surface area (TPSA) is 72.3 Å². The smallest absolute Gasteiger partial charge is 0.261 e. The van der Waals surface area contributed by atoms with Gasteiger partial charge in [0.15, 0.2) is 0 Å². The molecular formula is C21H22FN3O3S. The molecule has 0 saturated carbocycles. The van der Waals surface area contributed by atoms with Gasteiger partial charge in [-0.15, -0.1) is 0 Å². The van der Waals surface area contributed by atoms with Gasteiger partial charge in [0.05, 0.1) is 22.1 Å². The van der Waals surface area contributed by atoms with Gasteiger partial charge in [-0.05, 0) is 56.5 Å². The quantitative estimate of drug-likeness (QED) is 0.659. The molecule has 0 atom stereocenters. The Hall–Kier alpha value is -2.58. The Morgan fingerprint density at radius 3 is 2.48 bits per heavy atom. The number of sulfonamides is 1. The molecule has 152 valence electrons. The lowest BCUT2D eigenvalue weighted by Gasteiger charge is -2.32. The zero-order valence-corrected chi connectivity index (χ0v) is 17.1. The van der Waals surface area contributed by atoms with Crippen molar-refractivity contribution < 1.29 is 12.8 Å². The normalized spacial score (nSPS) is 16.4. The SMILES string of the molecule is Cc1ccc2ncn(C3CCN(S(=O)(=O)c4ccc(C)c(F)c4)CC3)c(=O)c2c1. The van der Waals surface area contributed by atoms with Crippen molar-refractivity contribution in [3.8, 4) is 0 Å². The van der Waals surface area contributed by atoms with Crippen molar-refractivity contribution in [2.24, 2.45) is 0 Å². The van der Waals surface area contributed by atoms with Gasteiger partial charge < -0.3 is 0 Å². The molecule has 0 radical (unpaired) electrons. The lowest BCUT2D eigenvalue weighted by atomic mass is 10.1. The van der Waals surface area contributed by atoms with Gasteiger partial charge in [0.25, 0.3) is 5.56 Å². The molecule has 4 rings (SSSR count). The molecule has 1 fully saturated rings. The molecule has 1 aromatic heterocycles. The number of aryl methyl sites for hydroxylation is 2. The maximum absolute atomic E-state index is 13.8. The second-order valence-corrected chi connectivity index (χ2v) is 9.46. The fourth-order valence-electron chi connectivity index (χ4n) is 3.75. The molecule has 2 heterocycles. The number of benzene rings is 2. The third-order valence-corrected chi connectivity index (χ3v) is 7.43. The first kappa shape index (κ1) is 19.7. The summed E-state index contributed by atoms with van der Waals surface area (Å²) in [4.78, 5) is 17.2. The molecule has 0 amide bonds. The van der Waals surface area contributed by atoms with Crippen LogP contribution in [0.4, 0.5) is 4.39 Å². The third kappa shape index (κ3) is 3.58. The predicted octanol–water partition coefficient (Wildman–Crippen LogP) is 3.18. The molecule has 8 heteroatoms. The van der Waals surface area contributed by atoms with Crippen molar-refractivity contribution in [1.29, 1.82) is 0 Å². The zero-order valence-electron chi connectivity index (χ0n) is 16.3. The van der Waals surface area contributed by atoms with E-state index in [0.29, 0.717) is 29.3 Å². The molecule has 6 nitrogen and oxygen atoms in total. The Morgan fingerprint density at radius 1 is 1.07 bits per heavy atom. The van der Waals surface area contributed by atoms with E-state index in [-0.39, 0.29) is 29.6 Å². The predicted molar refractivity (Wildman–Crippen MR) is 109 cm³/mol. The van der Waals surface area contributed by atoms with E-state index in [4.69, 9.17) is 0 Å². The summed E-state index contributed by atoms with van der Waals surface area (Å²) in [6.07, 6.45) is 2.53. The summed E-state index contributed by atoms with van der Waals surface area (Å²) >= 11 is 0. The fourth-order valence-corrected chi connectivity index (χ4v) is 5.24. The molecular weight excluding hydrogens is 393 g/mol. The molecule has 0 bridgehead atoms. The summed E-state index contributed by atoms with van der Waals surface area (Å²) in [6.45, 7) is 4.04. The van der Waals surface area contributed by atoms with E-state index >= 15 is 0 Å². The maximum Gasteiger partial charge on any atom is 0.261 e. The van der Waals surface area contributed by atoms with Crippen molar-refractivity contribution in [1.82, 2.24) is 13.9 Å². The van der Waals surface area contributed by atoms with Crippen molar-refractivity contribution in [3.63, 3.8) is 0 Å². The van der Waals surface area contributed by atoms with E-state index in [1.807, 2.05) is 25.1 Å². The number of hydrogen-bond acceptors (Lipinski definition) is 4. The van der Waals surface area contributed by atoms with Gasteiger partial charge in [0.1, 0.15) is 5.82 Å². The number of hydrogen-bond donors (Lipinski definition) is 0.